The minimum Gasteiger partial charge on any atom is -0.301 e. The van der Waals surface area contributed by atoms with Gasteiger partial charge in [0.1, 0.15) is 0 Å². The third-order valence-electron chi connectivity index (χ3n) is 5.56. The summed E-state index contributed by atoms with van der Waals surface area (Å²) in [6, 6.07) is 9.31. The van der Waals surface area contributed by atoms with Gasteiger partial charge in [0, 0.05) is 45.8 Å². The Morgan fingerprint density at radius 2 is 1.81 bits per heavy atom. The Labute approximate surface area is 161 Å². The van der Waals surface area contributed by atoms with E-state index in [-0.39, 0.29) is 0 Å². The molecule has 26 heavy (non-hydrogen) atoms. The third-order valence-corrected chi connectivity index (χ3v) is 5.56. The molecule has 0 N–H and O–H groups in total. The van der Waals surface area contributed by atoms with Crippen LogP contribution >= 0.6 is 0 Å². The van der Waals surface area contributed by atoms with Crippen LogP contribution in [0, 0.1) is 0 Å². The first-order valence-electron chi connectivity index (χ1n) is 10.3. The lowest BCUT2D eigenvalue weighted by atomic mass is 10.1. The molecule has 4 heteroatoms. The zero-order valence-corrected chi connectivity index (χ0v) is 17.3. The standard InChI is InChI=1S/C22H38N4/c1-6-13-24-14-16-25(17-15-24)23(5)26(22(8-3)9-4)19-21-12-10-11-20(7-2)18-21/h7,10-12,18,22H,2,6,8-9,13-17,19H2,1,3-5H3. The maximum absolute atomic E-state index is 3.91. The maximum atomic E-state index is 3.91. The molecule has 2 rings (SSSR count). The largest absolute Gasteiger partial charge is 0.301 e. The number of hydrazine groups is 2. The van der Waals surface area contributed by atoms with E-state index in [9.17, 15) is 0 Å². The van der Waals surface area contributed by atoms with Crippen LogP contribution in [0.2, 0.25) is 0 Å². The van der Waals surface area contributed by atoms with Crippen LogP contribution in [0.3, 0.4) is 0 Å². The molecule has 1 saturated heterocycles. The predicted octanol–water partition coefficient (Wildman–Crippen LogP) is 4.11. The highest BCUT2D eigenvalue weighted by atomic mass is 15.9. The molecule has 0 spiro atoms. The zero-order chi connectivity index (χ0) is 18.9. The Bertz CT molecular complexity index is 533. The average molecular weight is 359 g/mol. The Kier molecular flexibility index (Phi) is 8.79. The molecule has 1 aromatic rings. The van der Waals surface area contributed by atoms with Crippen molar-refractivity contribution in [1.82, 2.24) is 20.0 Å². The van der Waals surface area contributed by atoms with E-state index in [1.165, 1.54) is 37.2 Å². The van der Waals surface area contributed by atoms with Crippen molar-refractivity contribution in [3.63, 3.8) is 0 Å². The third kappa shape index (κ3) is 5.65. The van der Waals surface area contributed by atoms with Crippen molar-refractivity contribution >= 4 is 6.08 Å². The van der Waals surface area contributed by atoms with E-state index in [0.29, 0.717) is 6.04 Å². The first-order valence-corrected chi connectivity index (χ1v) is 10.3. The SMILES string of the molecule is C=Cc1cccc(CN(C(CC)CC)N(C)N2CCN(CCC)CC2)c1. The van der Waals surface area contributed by atoms with Gasteiger partial charge < -0.3 is 4.90 Å². The molecular formula is C22H38N4. The van der Waals surface area contributed by atoms with Crippen molar-refractivity contribution in [3.8, 4) is 0 Å². The predicted molar refractivity (Wildman–Crippen MR) is 113 cm³/mol. The Hall–Kier alpha value is -1.20. The van der Waals surface area contributed by atoms with Crippen LogP contribution in [0.25, 0.3) is 6.08 Å². The smallest absolute Gasteiger partial charge is 0.0400 e. The molecule has 0 unspecified atom stereocenters. The fourth-order valence-electron chi connectivity index (χ4n) is 3.91. The molecule has 0 radical (unpaired) electrons. The van der Waals surface area contributed by atoms with Gasteiger partial charge in [-0.3, -0.25) is 0 Å². The highest BCUT2D eigenvalue weighted by Gasteiger charge is 2.27. The van der Waals surface area contributed by atoms with E-state index in [1.807, 2.05) is 6.08 Å². The Balaban J connectivity index is 2.09. The molecule has 1 heterocycles. The quantitative estimate of drug-likeness (QED) is 0.584. The summed E-state index contributed by atoms with van der Waals surface area (Å²) in [5.41, 5.74) is 2.55. The van der Waals surface area contributed by atoms with Crippen LogP contribution in [0.1, 0.15) is 51.2 Å². The summed E-state index contributed by atoms with van der Waals surface area (Å²) in [5.74, 6) is 0. The van der Waals surface area contributed by atoms with Crippen molar-refractivity contribution in [2.75, 3.05) is 39.8 Å². The fourth-order valence-corrected chi connectivity index (χ4v) is 3.91. The summed E-state index contributed by atoms with van der Waals surface area (Å²) in [5, 5.41) is 7.47. The van der Waals surface area contributed by atoms with Gasteiger partial charge in [-0.05, 0) is 36.9 Å². The highest BCUT2D eigenvalue weighted by molar-refractivity contribution is 5.47. The molecule has 4 nitrogen and oxygen atoms in total. The molecule has 1 aliphatic rings. The number of hydrogen-bond acceptors (Lipinski definition) is 4. The minimum absolute atomic E-state index is 0.557. The molecule has 1 aromatic carbocycles. The van der Waals surface area contributed by atoms with Crippen molar-refractivity contribution in [2.45, 2.75) is 52.6 Å². The van der Waals surface area contributed by atoms with Crippen molar-refractivity contribution in [1.29, 1.82) is 0 Å². The van der Waals surface area contributed by atoms with E-state index in [1.54, 1.807) is 0 Å². The second-order valence-corrected chi connectivity index (χ2v) is 7.30. The monoisotopic (exact) mass is 358 g/mol. The van der Waals surface area contributed by atoms with Gasteiger partial charge in [0.25, 0.3) is 0 Å². The van der Waals surface area contributed by atoms with Gasteiger partial charge in [-0.2, -0.15) is 5.12 Å². The second-order valence-electron chi connectivity index (χ2n) is 7.30. The van der Waals surface area contributed by atoms with Gasteiger partial charge >= 0.3 is 0 Å². The second kappa shape index (κ2) is 10.8. The Morgan fingerprint density at radius 1 is 1.12 bits per heavy atom. The number of piperazine rings is 1. The summed E-state index contributed by atoms with van der Waals surface area (Å²) >= 11 is 0. The van der Waals surface area contributed by atoms with Gasteiger partial charge in [0.15, 0.2) is 0 Å². The minimum atomic E-state index is 0.557. The molecule has 1 fully saturated rings. The first-order chi connectivity index (χ1) is 12.6. The van der Waals surface area contributed by atoms with Crippen LogP contribution in [0.4, 0.5) is 0 Å². The summed E-state index contributed by atoms with van der Waals surface area (Å²) in [7, 11) is 2.24. The number of hydrogen-bond donors (Lipinski definition) is 0. The van der Waals surface area contributed by atoms with E-state index >= 15 is 0 Å². The zero-order valence-electron chi connectivity index (χ0n) is 17.3. The molecule has 0 amide bonds. The van der Waals surface area contributed by atoms with Gasteiger partial charge in [0.2, 0.25) is 0 Å². The molecule has 0 saturated carbocycles. The summed E-state index contributed by atoms with van der Waals surface area (Å²) in [4.78, 5) is 2.58. The maximum Gasteiger partial charge on any atom is 0.0400 e. The van der Waals surface area contributed by atoms with Crippen LogP contribution in [-0.4, -0.2) is 65.8 Å². The van der Waals surface area contributed by atoms with Crippen LogP contribution in [0.15, 0.2) is 30.8 Å². The highest BCUT2D eigenvalue weighted by Crippen LogP contribution is 2.19. The molecule has 0 aromatic heterocycles. The summed E-state index contributed by atoms with van der Waals surface area (Å²) in [6.45, 7) is 17.5. The van der Waals surface area contributed by atoms with Gasteiger partial charge in [-0.1, -0.05) is 57.7 Å². The molecule has 0 aliphatic carbocycles. The first kappa shape index (κ1) is 21.1. The van der Waals surface area contributed by atoms with E-state index in [0.717, 1.165) is 32.5 Å². The molecule has 0 bridgehead atoms. The van der Waals surface area contributed by atoms with E-state index in [2.05, 4.69) is 78.7 Å². The van der Waals surface area contributed by atoms with Crippen LogP contribution in [0.5, 0.6) is 0 Å². The van der Waals surface area contributed by atoms with Crippen molar-refractivity contribution in [2.24, 2.45) is 0 Å². The lowest BCUT2D eigenvalue weighted by molar-refractivity contribution is -0.203. The molecular weight excluding hydrogens is 320 g/mol. The normalized spacial score (nSPS) is 16.7. The van der Waals surface area contributed by atoms with E-state index in [4.69, 9.17) is 0 Å². The van der Waals surface area contributed by atoms with E-state index < -0.39 is 0 Å². The Morgan fingerprint density at radius 3 is 2.38 bits per heavy atom. The van der Waals surface area contributed by atoms with Gasteiger partial charge in [-0.25, -0.2) is 10.0 Å². The van der Waals surface area contributed by atoms with Crippen molar-refractivity contribution in [3.05, 3.63) is 42.0 Å². The molecule has 0 atom stereocenters. The van der Waals surface area contributed by atoms with Crippen LogP contribution in [-0.2, 0) is 6.54 Å². The average Bonchev–Trinajstić information content (AvgIpc) is 2.68. The number of nitrogens with zero attached hydrogens (tertiary/aromatic N) is 4. The lowest BCUT2D eigenvalue weighted by Gasteiger charge is -2.46. The van der Waals surface area contributed by atoms with Crippen molar-refractivity contribution < 1.29 is 0 Å². The van der Waals surface area contributed by atoms with Gasteiger partial charge in [-0.15, -0.1) is 0 Å². The summed E-state index contributed by atoms with van der Waals surface area (Å²) in [6.07, 6.45) is 5.51. The molecule has 146 valence electrons. The number of benzene rings is 1. The molecule has 1 aliphatic heterocycles. The van der Waals surface area contributed by atoms with Crippen LogP contribution < -0.4 is 0 Å². The number of rotatable bonds is 10. The summed E-state index contributed by atoms with van der Waals surface area (Å²) < 4.78 is 0. The lowest BCUT2D eigenvalue weighted by Crippen LogP contribution is -2.59. The topological polar surface area (TPSA) is 13.0 Å². The van der Waals surface area contributed by atoms with Gasteiger partial charge in [0.05, 0.1) is 0 Å². The fraction of sp³-hybridized carbons (Fsp3) is 0.636.